The average molecular weight is 362 g/mol. The monoisotopic (exact) mass is 361 g/mol. The standard InChI is InChI=1S/C17H16ClN3O4/c1-12-14(10-15(21(23)24)16(18)20-12)8-5-9-19-17(22)25-11-13-6-3-2-4-7-13/h2-8,10H,9,11H2,1H3,(H,19,22). The van der Waals surface area contributed by atoms with Crippen molar-refractivity contribution in [2.24, 2.45) is 0 Å². The number of aromatic nitrogens is 1. The molecule has 7 nitrogen and oxygen atoms in total. The molecule has 1 N–H and O–H groups in total. The minimum Gasteiger partial charge on any atom is -0.445 e. The number of rotatable bonds is 6. The van der Waals surface area contributed by atoms with Crippen molar-refractivity contribution >= 4 is 29.5 Å². The molecule has 25 heavy (non-hydrogen) atoms. The van der Waals surface area contributed by atoms with Crippen molar-refractivity contribution in [3.05, 3.63) is 74.6 Å². The van der Waals surface area contributed by atoms with Gasteiger partial charge in [-0.2, -0.15) is 0 Å². The van der Waals surface area contributed by atoms with Crippen molar-refractivity contribution in [2.75, 3.05) is 6.54 Å². The SMILES string of the molecule is Cc1nc(Cl)c([N+](=O)[O-])cc1C=CCNC(=O)OCc1ccccc1. The molecule has 1 aromatic carbocycles. The van der Waals surface area contributed by atoms with Gasteiger partial charge in [0.1, 0.15) is 6.61 Å². The Morgan fingerprint density at radius 1 is 1.40 bits per heavy atom. The van der Waals surface area contributed by atoms with Gasteiger partial charge in [-0.25, -0.2) is 9.78 Å². The number of carbonyl (C=O) groups excluding carboxylic acids is 1. The van der Waals surface area contributed by atoms with Gasteiger partial charge in [0.25, 0.3) is 0 Å². The maximum Gasteiger partial charge on any atom is 0.407 e. The lowest BCUT2D eigenvalue weighted by Crippen LogP contribution is -2.24. The number of nitro groups is 1. The molecule has 2 aromatic rings. The number of amides is 1. The summed E-state index contributed by atoms with van der Waals surface area (Å²) in [6, 6.07) is 10.7. The van der Waals surface area contributed by atoms with Crippen LogP contribution in [-0.2, 0) is 11.3 Å². The number of halogens is 1. The van der Waals surface area contributed by atoms with Crippen LogP contribution < -0.4 is 5.32 Å². The van der Waals surface area contributed by atoms with Crippen LogP contribution in [0.3, 0.4) is 0 Å². The second kappa shape index (κ2) is 8.79. The largest absolute Gasteiger partial charge is 0.445 e. The summed E-state index contributed by atoms with van der Waals surface area (Å²) in [4.78, 5) is 25.8. The van der Waals surface area contributed by atoms with E-state index in [1.807, 2.05) is 30.3 Å². The first-order chi connectivity index (χ1) is 12.0. The average Bonchev–Trinajstić information content (AvgIpc) is 2.59. The fraction of sp³-hybridized carbons (Fsp3) is 0.176. The zero-order valence-electron chi connectivity index (χ0n) is 13.4. The normalized spacial score (nSPS) is 10.6. The maximum absolute atomic E-state index is 11.6. The molecule has 0 unspecified atom stereocenters. The number of hydrogen-bond acceptors (Lipinski definition) is 5. The topological polar surface area (TPSA) is 94.4 Å². The molecule has 130 valence electrons. The fourth-order valence-electron chi connectivity index (χ4n) is 1.98. The Bertz CT molecular complexity index is 794. The quantitative estimate of drug-likeness (QED) is 0.478. The van der Waals surface area contributed by atoms with Gasteiger partial charge in [0.05, 0.1) is 4.92 Å². The Morgan fingerprint density at radius 3 is 2.80 bits per heavy atom. The first-order valence-electron chi connectivity index (χ1n) is 7.40. The van der Waals surface area contributed by atoms with Gasteiger partial charge in [0.15, 0.2) is 0 Å². The first-order valence-corrected chi connectivity index (χ1v) is 7.78. The third-order valence-electron chi connectivity index (χ3n) is 3.26. The highest BCUT2D eigenvalue weighted by atomic mass is 35.5. The van der Waals surface area contributed by atoms with E-state index in [4.69, 9.17) is 16.3 Å². The Balaban J connectivity index is 1.86. The molecule has 1 amide bonds. The molecule has 8 heteroatoms. The highest BCUT2D eigenvalue weighted by molar-refractivity contribution is 6.31. The molecule has 0 saturated heterocycles. The molecule has 0 fully saturated rings. The lowest BCUT2D eigenvalue weighted by atomic mass is 10.2. The van der Waals surface area contributed by atoms with E-state index >= 15 is 0 Å². The van der Waals surface area contributed by atoms with E-state index in [0.29, 0.717) is 11.3 Å². The smallest absolute Gasteiger partial charge is 0.407 e. The highest BCUT2D eigenvalue weighted by Crippen LogP contribution is 2.25. The van der Waals surface area contributed by atoms with Crippen LogP contribution in [0.4, 0.5) is 10.5 Å². The Kier molecular flexibility index (Phi) is 6.47. The van der Waals surface area contributed by atoms with Crippen LogP contribution in [0, 0.1) is 17.0 Å². The summed E-state index contributed by atoms with van der Waals surface area (Å²) < 4.78 is 5.07. The number of alkyl carbamates (subject to hydrolysis) is 1. The highest BCUT2D eigenvalue weighted by Gasteiger charge is 2.15. The predicted octanol–water partition coefficient (Wildman–Crippen LogP) is 3.89. The van der Waals surface area contributed by atoms with Crippen molar-refractivity contribution in [2.45, 2.75) is 13.5 Å². The van der Waals surface area contributed by atoms with E-state index in [2.05, 4.69) is 10.3 Å². The van der Waals surface area contributed by atoms with Crippen molar-refractivity contribution < 1.29 is 14.5 Å². The molecule has 0 atom stereocenters. The summed E-state index contributed by atoms with van der Waals surface area (Å²) >= 11 is 5.73. The van der Waals surface area contributed by atoms with Crippen molar-refractivity contribution in [1.29, 1.82) is 0 Å². The zero-order chi connectivity index (χ0) is 18.2. The number of benzene rings is 1. The van der Waals surface area contributed by atoms with Gasteiger partial charge >= 0.3 is 11.8 Å². The van der Waals surface area contributed by atoms with Gasteiger partial charge in [-0.1, -0.05) is 54.1 Å². The molecule has 0 aliphatic rings. The maximum atomic E-state index is 11.6. The van der Waals surface area contributed by atoms with E-state index < -0.39 is 11.0 Å². The number of pyridine rings is 1. The summed E-state index contributed by atoms with van der Waals surface area (Å²) in [5, 5.41) is 13.3. The van der Waals surface area contributed by atoms with Crippen LogP contribution in [0.25, 0.3) is 6.08 Å². The van der Waals surface area contributed by atoms with E-state index in [-0.39, 0.29) is 24.0 Å². The summed E-state index contributed by atoms with van der Waals surface area (Å²) in [5.41, 5.74) is 1.74. The molecule has 0 saturated carbocycles. The minimum atomic E-state index is -0.592. The molecule has 1 heterocycles. The number of nitrogens with one attached hydrogen (secondary N) is 1. The minimum absolute atomic E-state index is 0.151. The third kappa shape index (κ3) is 5.58. The van der Waals surface area contributed by atoms with Gasteiger partial charge in [-0.15, -0.1) is 0 Å². The van der Waals surface area contributed by atoms with E-state index in [1.54, 1.807) is 19.1 Å². The summed E-state index contributed by atoms with van der Waals surface area (Å²) in [6.45, 7) is 2.09. The summed E-state index contributed by atoms with van der Waals surface area (Å²) in [6.07, 6.45) is 2.72. The molecule has 1 aromatic heterocycles. The fourth-order valence-corrected chi connectivity index (χ4v) is 2.23. The molecular formula is C17H16ClN3O4. The lowest BCUT2D eigenvalue weighted by Gasteiger charge is -2.05. The Hall–Kier alpha value is -2.93. The Labute approximate surface area is 149 Å². The van der Waals surface area contributed by atoms with Crippen LogP contribution in [0.15, 0.2) is 42.5 Å². The predicted molar refractivity (Wildman–Crippen MR) is 94.3 cm³/mol. The zero-order valence-corrected chi connectivity index (χ0v) is 14.2. The van der Waals surface area contributed by atoms with Crippen LogP contribution in [0.5, 0.6) is 0 Å². The molecule has 0 bridgehead atoms. The molecule has 2 rings (SSSR count). The first kappa shape index (κ1) is 18.4. The second-order valence-corrected chi connectivity index (χ2v) is 5.43. The summed E-state index contributed by atoms with van der Waals surface area (Å²) in [5.74, 6) is 0. The van der Waals surface area contributed by atoms with Crippen molar-refractivity contribution in [3.8, 4) is 0 Å². The van der Waals surface area contributed by atoms with Gasteiger partial charge in [0.2, 0.25) is 5.15 Å². The van der Waals surface area contributed by atoms with Crippen LogP contribution in [0.1, 0.15) is 16.8 Å². The van der Waals surface area contributed by atoms with Crippen LogP contribution >= 0.6 is 11.6 Å². The van der Waals surface area contributed by atoms with Crippen LogP contribution in [-0.4, -0.2) is 22.5 Å². The Morgan fingerprint density at radius 2 is 2.12 bits per heavy atom. The second-order valence-electron chi connectivity index (χ2n) is 5.08. The number of ether oxygens (including phenoxy) is 1. The lowest BCUT2D eigenvalue weighted by molar-refractivity contribution is -0.385. The number of aryl methyl sites for hydroxylation is 1. The molecule has 0 aliphatic heterocycles. The molecule has 0 aliphatic carbocycles. The van der Waals surface area contributed by atoms with Gasteiger partial charge in [0, 0.05) is 23.9 Å². The van der Waals surface area contributed by atoms with Gasteiger partial charge in [-0.3, -0.25) is 10.1 Å². The number of carbonyl (C=O) groups is 1. The molecule has 0 spiro atoms. The number of hydrogen-bond donors (Lipinski definition) is 1. The summed E-state index contributed by atoms with van der Waals surface area (Å²) in [7, 11) is 0. The molecular weight excluding hydrogens is 346 g/mol. The third-order valence-corrected chi connectivity index (χ3v) is 3.54. The van der Waals surface area contributed by atoms with Gasteiger partial charge in [-0.05, 0) is 12.5 Å². The van der Waals surface area contributed by atoms with Crippen molar-refractivity contribution in [3.63, 3.8) is 0 Å². The van der Waals surface area contributed by atoms with E-state index in [0.717, 1.165) is 5.56 Å². The van der Waals surface area contributed by atoms with Gasteiger partial charge < -0.3 is 10.1 Å². The van der Waals surface area contributed by atoms with Crippen LogP contribution in [0.2, 0.25) is 5.15 Å². The van der Waals surface area contributed by atoms with Crippen molar-refractivity contribution in [1.82, 2.24) is 10.3 Å². The number of nitrogens with zero attached hydrogens (tertiary/aromatic N) is 2. The molecule has 0 radical (unpaired) electrons. The van der Waals surface area contributed by atoms with E-state index in [9.17, 15) is 14.9 Å². The van der Waals surface area contributed by atoms with E-state index in [1.165, 1.54) is 6.07 Å².